The molecule has 104 valence electrons. The molecule has 1 aromatic heterocycles. The Bertz CT molecular complexity index is 493. The Labute approximate surface area is 112 Å². The number of fused-ring (bicyclic) bond motifs is 2. The molecular formula is C11H14F2N4OS. The number of nitrogens with two attached hydrogens (primary N) is 1. The summed E-state index contributed by atoms with van der Waals surface area (Å²) in [5.41, 5.74) is 6.06. The summed E-state index contributed by atoms with van der Waals surface area (Å²) in [4.78, 5) is 12.2. The number of rotatable bonds is 3. The zero-order valence-corrected chi connectivity index (χ0v) is 10.9. The van der Waals surface area contributed by atoms with Crippen LogP contribution in [0, 0.1) is 17.8 Å². The Morgan fingerprint density at radius 1 is 1.37 bits per heavy atom. The molecule has 5 nitrogen and oxygen atoms in total. The fourth-order valence-electron chi connectivity index (χ4n) is 3.29. The maximum Gasteiger partial charge on any atom is 0.291 e. The maximum absolute atomic E-state index is 12.4. The molecule has 4 unspecified atom stereocenters. The molecule has 0 spiro atoms. The van der Waals surface area contributed by atoms with E-state index in [1.165, 1.54) is 0 Å². The highest BCUT2D eigenvalue weighted by Crippen LogP contribution is 2.48. The maximum atomic E-state index is 12.4. The zero-order chi connectivity index (χ0) is 13.6. The first kappa shape index (κ1) is 12.9. The second-order valence-electron chi connectivity index (χ2n) is 5.17. The quantitative estimate of drug-likeness (QED) is 0.888. The number of hydrogen-bond acceptors (Lipinski definition) is 5. The Morgan fingerprint density at radius 2 is 2.11 bits per heavy atom. The van der Waals surface area contributed by atoms with Gasteiger partial charge in [-0.15, -0.1) is 10.2 Å². The van der Waals surface area contributed by atoms with E-state index in [-0.39, 0.29) is 28.0 Å². The van der Waals surface area contributed by atoms with Crippen LogP contribution in [-0.2, 0) is 4.79 Å². The van der Waals surface area contributed by atoms with Crippen molar-refractivity contribution in [3.05, 3.63) is 5.01 Å². The summed E-state index contributed by atoms with van der Waals surface area (Å²) in [5.74, 6) is 0.309. The van der Waals surface area contributed by atoms with Gasteiger partial charge in [-0.05, 0) is 31.1 Å². The van der Waals surface area contributed by atoms with Gasteiger partial charge in [0.2, 0.25) is 11.0 Å². The van der Waals surface area contributed by atoms with Crippen LogP contribution in [0.3, 0.4) is 0 Å². The van der Waals surface area contributed by atoms with Crippen LogP contribution >= 0.6 is 11.3 Å². The van der Waals surface area contributed by atoms with Crippen molar-refractivity contribution in [2.45, 2.75) is 31.7 Å². The minimum atomic E-state index is -2.66. The van der Waals surface area contributed by atoms with E-state index >= 15 is 0 Å². The van der Waals surface area contributed by atoms with Gasteiger partial charge in [0, 0.05) is 6.04 Å². The zero-order valence-electron chi connectivity index (χ0n) is 10.1. The van der Waals surface area contributed by atoms with Crippen molar-refractivity contribution in [3.63, 3.8) is 0 Å². The highest BCUT2D eigenvalue weighted by Gasteiger charge is 2.49. The summed E-state index contributed by atoms with van der Waals surface area (Å²) in [6.07, 6.45) is 0.448. The Kier molecular flexibility index (Phi) is 3.22. The standard InChI is InChI=1S/C11H14F2N4OS/c12-8(13)10-16-17-11(19-10)15-9(18)6-4-1-2-5(3-4)7(6)14/h4-8H,1-3,14H2,(H,15,17,18). The van der Waals surface area contributed by atoms with Gasteiger partial charge in [0.25, 0.3) is 6.43 Å². The molecule has 0 saturated heterocycles. The third-order valence-corrected chi connectivity index (χ3v) is 4.99. The van der Waals surface area contributed by atoms with Gasteiger partial charge in [-0.3, -0.25) is 4.79 Å². The number of alkyl halides is 2. The number of halogens is 2. The molecule has 2 bridgehead atoms. The van der Waals surface area contributed by atoms with E-state index in [0.717, 1.165) is 19.3 Å². The molecule has 2 saturated carbocycles. The number of nitrogens with zero attached hydrogens (tertiary/aromatic N) is 2. The van der Waals surface area contributed by atoms with E-state index in [1.54, 1.807) is 0 Å². The van der Waals surface area contributed by atoms with Crippen LogP contribution in [0.1, 0.15) is 30.7 Å². The van der Waals surface area contributed by atoms with Gasteiger partial charge in [0.05, 0.1) is 5.92 Å². The van der Waals surface area contributed by atoms with Crippen molar-refractivity contribution in [3.8, 4) is 0 Å². The molecule has 0 aromatic carbocycles. The van der Waals surface area contributed by atoms with E-state index in [1.807, 2.05) is 0 Å². The second-order valence-corrected chi connectivity index (χ2v) is 6.18. The lowest BCUT2D eigenvalue weighted by Gasteiger charge is -2.26. The first-order valence-electron chi connectivity index (χ1n) is 6.24. The predicted octanol–water partition coefficient (Wildman–Crippen LogP) is 1.79. The summed E-state index contributed by atoms with van der Waals surface area (Å²) in [5, 5.41) is 9.19. The minimum Gasteiger partial charge on any atom is -0.327 e. The molecule has 0 radical (unpaired) electrons. The second kappa shape index (κ2) is 4.75. The first-order valence-corrected chi connectivity index (χ1v) is 7.06. The van der Waals surface area contributed by atoms with Crippen LogP contribution < -0.4 is 11.1 Å². The summed E-state index contributed by atoms with van der Waals surface area (Å²) >= 11 is 0.704. The van der Waals surface area contributed by atoms with Crippen molar-refractivity contribution in [2.24, 2.45) is 23.5 Å². The van der Waals surface area contributed by atoms with Gasteiger partial charge in [0.15, 0.2) is 5.01 Å². The van der Waals surface area contributed by atoms with E-state index in [0.29, 0.717) is 23.2 Å². The average Bonchev–Trinajstić information content (AvgIpc) is 3.02. The third kappa shape index (κ3) is 2.23. The van der Waals surface area contributed by atoms with Crippen LogP contribution in [0.25, 0.3) is 0 Å². The third-order valence-electron chi connectivity index (χ3n) is 4.14. The van der Waals surface area contributed by atoms with Gasteiger partial charge in [0.1, 0.15) is 0 Å². The topological polar surface area (TPSA) is 80.9 Å². The fraction of sp³-hybridized carbons (Fsp3) is 0.727. The number of carbonyl (C=O) groups is 1. The van der Waals surface area contributed by atoms with E-state index in [4.69, 9.17) is 5.73 Å². The lowest BCUT2D eigenvalue weighted by atomic mass is 9.84. The molecule has 1 heterocycles. The molecule has 2 aliphatic rings. The number of nitrogens with one attached hydrogen (secondary N) is 1. The summed E-state index contributed by atoms with van der Waals surface area (Å²) in [6, 6.07) is -0.124. The van der Waals surface area contributed by atoms with E-state index < -0.39 is 6.43 Å². The molecule has 1 aromatic rings. The Balaban J connectivity index is 1.68. The molecular weight excluding hydrogens is 274 g/mol. The lowest BCUT2D eigenvalue weighted by Crippen LogP contribution is -2.42. The number of carbonyl (C=O) groups excluding carboxylic acids is 1. The monoisotopic (exact) mass is 288 g/mol. The normalized spacial score (nSPS) is 33.1. The Morgan fingerprint density at radius 3 is 2.68 bits per heavy atom. The van der Waals surface area contributed by atoms with Crippen molar-refractivity contribution < 1.29 is 13.6 Å². The van der Waals surface area contributed by atoms with Gasteiger partial charge in [-0.1, -0.05) is 11.3 Å². The fourth-order valence-corrected chi connectivity index (χ4v) is 3.89. The molecule has 2 aliphatic carbocycles. The highest BCUT2D eigenvalue weighted by atomic mass is 32.1. The van der Waals surface area contributed by atoms with Crippen LogP contribution in [0.5, 0.6) is 0 Å². The van der Waals surface area contributed by atoms with Crippen LogP contribution in [0.15, 0.2) is 0 Å². The smallest absolute Gasteiger partial charge is 0.291 e. The molecule has 4 atom stereocenters. The predicted molar refractivity (Wildman–Crippen MR) is 65.8 cm³/mol. The number of anilines is 1. The van der Waals surface area contributed by atoms with Crippen LogP contribution in [0.4, 0.5) is 13.9 Å². The summed E-state index contributed by atoms with van der Waals surface area (Å²) in [7, 11) is 0. The molecule has 8 heteroatoms. The molecule has 3 N–H and O–H groups in total. The largest absolute Gasteiger partial charge is 0.327 e. The summed E-state index contributed by atoms with van der Waals surface area (Å²) in [6.45, 7) is 0. The molecule has 19 heavy (non-hydrogen) atoms. The van der Waals surface area contributed by atoms with Crippen molar-refractivity contribution in [2.75, 3.05) is 5.32 Å². The number of aromatic nitrogens is 2. The van der Waals surface area contributed by atoms with Gasteiger partial charge >= 0.3 is 0 Å². The number of hydrogen-bond donors (Lipinski definition) is 2. The summed E-state index contributed by atoms with van der Waals surface area (Å²) < 4.78 is 24.8. The van der Waals surface area contributed by atoms with E-state index in [9.17, 15) is 13.6 Å². The Hall–Kier alpha value is -1.15. The van der Waals surface area contributed by atoms with Crippen LogP contribution in [0.2, 0.25) is 0 Å². The van der Waals surface area contributed by atoms with Crippen molar-refractivity contribution in [1.82, 2.24) is 10.2 Å². The minimum absolute atomic E-state index is 0.121. The first-order chi connectivity index (χ1) is 9.06. The molecule has 1 amide bonds. The highest BCUT2D eigenvalue weighted by molar-refractivity contribution is 7.15. The van der Waals surface area contributed by atoms with E-state index in [2.05, 4.69) is 15.5 Å². The van der Waals surface area contributed by atoms with Gasteiger partial charge in [-0.25, -0.2) is 8.78 Å². The van der Waals surface area contributed by atoms with Gasteiger partial charge < -0.3 is 11.1 Å². The van der Waals surface area contributed by atoms with Gasteiger partial charge in [-0.2, -0.15) is 0 Å². The lowest BCUT2D eigenvalue weighted by molar-refractivity contribution is -0.121. The van der Waals surface area contributed by atoms with Crippen molar-refractivity contribution in [1.29, 1.82) is 0 Å². The molecule has 3 rings (SSSR count). The molecule has 0 aliphatic heterocycles. The number of amides is 1. The average molecular weight is 288 g/mol. The SMILES string of the molecule is NC1C2CCC(C2)C1C(=O)Nc1nnc(C(F)F)s1. The van der Waals surface area contributed by atoms with Crippen LogP contribution in [-0.4, -0.2) is 22.1 Å². The molecule has 2 fully saturated rings. The van der Waals surface area contributed by atoms with Crippen molar-refractivity contribution >= 4 is 22.4 Å².